The summed E-state index contributed by atoms with van der Waals surface area (Å²) in [5.41, 5.74) is 7.29. The van der Waals surface area contributed by atoms with Crippen LogP contribution < -0.4 is 15.2 Å². The maximum atomic E-state index is 6.16. The monoisotopic (exact) mass is 253 g/mol. The van der Waals surface area contributed by atoms with Crippen molar-refractivity contribution in [1.29, 1.82) is 0 Å². The van der Waals surface area contributed by atoms with Gasteiger partial charge < -0.3 is 15.2 Å². The molecule has 3 nitrogen and oxygen atoms in total. The summed E-state index contributed by atoms with van der Waals surface area (Å²) < 4.78 is 10.8. The predicted molar refractivity (Wildman–Crippen MR) is 71.2 cm³/mol. The third kappa shape index (κ3) is 2.69. The van der Waals surface area contributed by atoms with Gasteiger partial charge in [-0.2, -0.15) is 0 Å². The SMILES string of the molecule is COc1cc(SC)c(OC)cc1CC1(N)CC1. The first kappa shape index (κ1) is 12.6. The van der Waals surface area contributed by atoms with E-state index in [0.29, 0.717) is 0 Å². The molecule has 4 heteroatoms. The van der Waals surface area contributed by atoms with Gasteiger partial charge in [0.25, 0.3) is 0 Å². The van der Waals surface area contributed by atoms with Crippen LogP contribution in [-0.4, -0.2) is 26.0 Å². The Balaban J connectivity index is 2.35. The molecule has 2 rings (SSSR count). The Kier molecular flexibility index (Phi) is 3.54. The number of rotatable bonds is 5. The van der Waals surface area contributed by atoms with Crippen LogP contribution in [0, 0.1) is 0 Å². The van der Waals surface area contributed by atoms with Gasteiger partial charge in [0.2, 0.25) is 0 Å². The van der Waals surface area contributed by atoms with Gasteiger partial charge in [-0.1, -0.05) is 0 Å². The molecular formula is C13H19NO2S. The predicted octanol–water partition coefficient (Wildman–Crippen LogP) is 2.46. The number of ether oxygens (including phenoxy) is 2. The van der Waals surface area contributed by atoms with Crippen molar-refractivity contribution in [1.82, 2.24) is 0 Å². The van der Waals surface area contributed by atoms with Crippen LogP contribution in [0.15, 0.2) is 17.0 Å². The highest BCUT2D eigenvalue weighted by Gasteiger charge is 2.38. The van der Waals surface area contributed by atoms with Gasteiger partial charge in [0.1, 0.15) is 11.5 Å². The molecule has 0 unspecified atom stereocenters. The lowest BCUT2D eigenvalue weighted by atomic mass is 10.0. The zero-order chi connectivity index (χ0) is 12.5. The van der Waals surface area contributed by atoms with Crippen LogP contribution in [0.5, 0.6) is 11.5 Å². The number of benzene rings is 1. The molecule has 1 aromatic rings. The molecule has 0 atom stereocenters. The van der Waals surface area contributed by atoms with Gasteiger partial charge >= 0.3 is 0 Å². The Bertz CT molecular complexity index is 416. The maximum absolute atomic E-state index is 6.16. The first-order valence-electron chi connectivity index (χ1n) is 5.69. The van der Waals surface area contributed by atoms with Gasteiger partial charge in [-0.15, -0.1) is 11.8 Å². The fourth-order valence-corrected chi connectivity index (χ4v) is 2.52. The molecular weight excluding hydrogens is 234 g/mol. The van der Waals surface area contributed by atoms with Gasteiger partial charge in [0.15, 0.2) is 0 Å². The van der Waals surface area contributed by atoms with Crippen LogP contribution in [0.3, 0.4) is 0 Å². The van der Waals surface area contributed by atoms with E-state index >= 15 is 0 Å². The van der Waals surface area contributed by atoms with E-state index in [0.717, 1.165) is 41.2 Å². The van der Waals surface area contributed by atoms with E-state index in [1.54, 1.807) is 26.0 Å². The minimum Gasteiger partial charge on any atom is -0.496 e. The third-order valence-corrected chi connectivity index (χ3v) is 3.98. The summed E-state index contributed by atoms with van der Waals surface area (Å²) in [7, 11) is 3.39. The van der Waals surface area contributed by atoms with Gasteiger partial charge in [-0.25, -0.2) is 0 Å². The quantitative estimate of drug-likeness (QED) is 0.819. The number of thioether (sulfide) groups is 1. The Labute approximate surface area is 107 Å². The van der Waals surface area contributed by atoms with Crippen LogP contribution in [0.4, 0.5) is 0 Å². The number of methoxy groups -OCH3 is 2. The fourth-order valence-electron chi connectivity index (χ4n) is 1.95. The molecule has 1 aromatic carbocycles. The van der Waals surface area contributed by atoms with E-state index in [2.05, 4.69) is 6.07 Å². The van der Waals surface area contributed by atoms with Crippen LogP contribution in [0.1, 0.15) is 18.4 Å². The zero-order valence-electron chi connectivity index (χ0n) is 10.6. The summed E-state index contributed by atoms with van der Waals surface area (Å²) in [4.78, 5) is 1.09. The average Bonchev–Trinajstić information content (AvgIpc) is 3.06. The highest BCUT2D eigenvalue weighted by Crippen LogP contribution is 2.41. The third-order valence-electron chi connectivity index (χ3n) is 3.22. The van der Waals surface area contributed by atoms with Crippen molar-refractivity contribution < 1.29 is 9.47 Å². The topological polar surface area (TPSA) is 44.5 Å². The molecule has 0 saturated heterocycles. The van der Waals surface area contributed by atoms with E-state index in [1.165, 1.54) is 0 Å². The Morgan fingerprint density at radius 1 is 1.24 bits per heavy atom. The summed E-state index contributed by atoms with van der Waals surface area (Å²) in [5.74, 6) is 1.81. The van der Waals surface area contributed by atoms with Crippen molar-refractivity contribution in [3.05, 3.63) is 17.7 Å². The van der Waals surface area contributed by atoms with Crippen molar-refractivity contribution in [3.8, 4) is 11.5 Å². The van der Waals surface area contributed by atoms with Crippen LogP contribution in [0.25, 0.3) is 0 Å². The molecule has 0 bridgehead atoms. The van der Waals surface area contributed by atoms with E-state index in [-0.39, 0.29) is 5.54 Å². The first-order chi connectivity index (χ1) is 8.11. The van der Waals surface area contributed by atoms with E-state index in [1.807, 2.05) is 12.3 Å². The van der Waals surface area contributed by atoms with Crippen LogP contribution in [0.2, 0.25) is 0 Å². The number of hydrogen-bond acceptors (Lipinski definition) is 4. The molecule has 0 amide bonds. The summed E-state index contributed by atoms with van der Waals surface area (Å²) in [6, 6.07) is 4.09. The second-order valence-electron chi connectivity index (χ2n) is 4.56. The smallest absolute Gasteiger partial charge is 0.132 e. The number of nitrogens with two attached hydrogens (primary N) is 1. The first-order valence-corrected chi connectivity index (χ1v) is 6.92. The molecule has 0 aliphatic heterocycles. The number of hydrogen-bond donors (Lipinski definition) is 1. The molecule has 0 radical (unpaired) electrons. The molecule has 0 heterocycles. The molecule has 17 heavy (non-hydrogen) atoms. The summed E-state index contributed by atoms with van der Waals surface area (Å²) in [6.45, 7) is 0. The van der Waals surface area contributed by atoms with Crippen molar-refractivity contribution in [2.24, 2.45) is 5.73 Å². The lowest BCUT2D eigenvalue weighted by Crippen LogP contribution is -2.24. The molecule has 2 N–H and O–H groups in total. The fraction of sp³-hybridized carbons (Fsp3) is 0.538. The van der Waals surface area contributed by atoms with E-state index < -0.39 is 0 Å². The average molecular weight is 253 g/mol. The van der Waals surface area contributed by atoms with Crippen molar-refractivity contribution >= 4 is 11.8 Å². The highest BCUT2D eigenvalue weighted by molar-refractivity contribution is 7.98. The second-order valence-corrected chi connectivity index (χ2v) is 5.41. The normalized spacial score (nSPS) is 16.7. The minimum atomic E-state index is -0.0147. The van der Waals surface area contributed by atoms with Crippen molar-refractivity contribution in [2.75, 3.05) is 20.5 Å². The molecule has 1 aliphatic rings. The Morgan fingerprint density at radius 2 is 1.88 bits per heavy atom. The van der Waals surface area contributed by atoms with E-state index in [4.69, 9.17) is 15.2 Å². The largest absolute Gasteiger partial charge is 0.496 e. The van der Waals surface area contributed by atoms with Gasteiger partial charge in [-0.3, -0.25) is 0 Å². The zero-order valence-corrected chi connectivity index (χ0v) is 11.4. The standard InChI is InChI=1S/C13H19NO2S/c1-15-10-7-12(17-3)11(16-2)6-9(10)8-13(14)4-5-13/h6-7H,4-5,8,14H2,1-3H3. The van der Waals surface area contributed by atoms with Crippen LogP contribution >= 0.6 is 11.8 Å². The maximum Gasteiger partial charge on any atom is 0.132 e. The molecule has 0 aromatic heterocycles. The molecule has 0 spiro atoms. The van der Waals surface area contributed by atoms with E-state index in [9.17, 15) is 0 Å². The highest BCUT2D eigenvalue weighted by atomic mass is 32.2. The van der Waals surface area contributed by atoms with Gasteiger partial charge in [0, 0.05) is 5.54 Å². The summed E-state index contributed by atoms with van der Waals surface area (Å²) in [6.07, 6.45) is 5.09. The minimum absolute atomic E-state index is 0.0147. The Hall–Kier alpha value is -0.870. The molecule has 1 aliphatic carbocycles. The molecule has 94 valence electrons. The Morgan fingerprint density at radius 3 is 2.35 bits per heavy atom. The lowest BCUT2D eigenvalue weighted by Gasteiger charge is -2.16. The van der Waals surface area contributed by atoms with Gasteiger partial charge in [-0.05, 0) is 43.2 Å². The summed E-state index contributed by atoms with van der Waals surface area (Å²) in [5, 5.41) is 0. The molecule has 1 fully saturated rings. The van der Waals surface area contributed by atoms with Crippen molar-refractivity contribution in [3.63, 3.8) is 0 Å². The lowest BCUT2D eigenvalue weighted by molar-refractivity contribution is 0.389. The second kappa shape index (κ2) is 4.78. The van der Waals surface area contributed by atoms with Crippen molar-refractivity contribution in [2.45, 2.75) is 29.7 Å². The van der Waals surface area contributed by atoms with Crippen LogP contribution in [-0.2, 0) is 6.42 Å². The molecule has 1 saturated carbocycles. The summed E-state index contributed by atoms with van der Waals surface area (Å²) >= 11 is 1.66. The van der Waals surface area contributed by atoms with Gasteiger partial charge in [0.05, 0.1) is 19.1 Å².